The molecular formula is C21H23ClN6. The molecular weight excluding hydrogens is 372 g/mol. The minimum absolute atomic E-state index is 0.657. The molecule has 0 saturated carbocycles. The first-order valence-corrected chi connectivity index (χ1v) is 9.79. The van der Waals surface area contributed by atoms with Gasteiger partial charge in [-0.15, -0.1) is 5.10 Å². The third-order valence-electron chi connectivity index (χ3n) is 4.91. The smallest absolute Gasteiger partial charge is 0.247 e. The molecule has 0 bridgehead atoms. The minimum Gasteiger partial charge on any atom is -0.339 e. The van der Waals surface area contributed by atoms with Crippen molar-refractivity contribution in [3.63, 3.8) is 0 Å². The molecule has 0 atom stereocenters. The van der Waals surface area contributed by atoms with E-state index < -0.39 is 0 Å². The number of nitrogens with one attached hydrogen (secondary N) is 1. The molecule has 1 aromatic heterocycles. The third kappa shape index (κ3) is 4.58. The number of hydrogen-bond acceptors (Lipinski definition) is 6. The van der Waals surface area contributed by atoms with Crippen molar-refractivity contribution in [1.82, 2.24) is 20.1 Å². The summed E-state index contributed by atoms with van der Waals surface area (Å²) in [6.07, 6.45) is 1.63. The zero-order valence-electron chi connectivity index (χ0n) is 15.8. The van der Waals surface area contributed by atoms with Gasteiger partial charge in [0, 0.05) is 43.4 Å². The van der Waals surface area contributed by atoms with Crippen molar-refractivity contribution < 1.29 is 0 Å². The largest absolute Gasteiger partial charge is 0.339 e. The second-order valence-corrected chi connectivity index (χ2v) is 7.41. The van der Waals surface area contributed by atoms with Gasteiger partial charge in [-0.1, -0.05) is 48.0 Å². The van der Waals surface area contributed by atoms with E-state index in [4.69, 9.17) is 11.6 Å². The van der Waals surface area contributed by atoms with Crippen molar-refractivity contribution in [3.05, 3.63) is 70.9 Å². The molecule has 1 aliphatic rings. The van der Waals surface area contributed by atoms with Crippen molar-refractivity contribution in [2.75, 3.05) is 36.4 Å². The Bertz CT molecular complexity index is 925. The van der Waals surface area contributed by atoms with Gasteiger partial charge in [0.15, 0.2) is 5.82 Å². The van der Waals surface area contributed by atoms with Gasteiger partial charge >= 0.3 is 0 Å². The van der Waals surface area contributed by atoms with E-state index in [0.717, 1.165) is 44.0 Å². The van der Waals surface area contributed by atoms with Crippen molar-refractivity contribution in [1.29, 1.82) is 0 Å². The average molecular weight is 395 g/mol. The Morgan fingerprint density at radius 2 is 1.82 bits per heavy atom. The molecule has 4 rings (SSSR count). The van der Waals surface area contributed by atoms with Gasteiger partial charge in [0.05, 0.1) is 6.20 Å². The van der Waals surface area contributed by atoms with Crippen LogP contribution in [0.5, 0.6) is 0 Å². The summed E-state index contributed by atoms with van der Waals surface area (Å²) < 4.78 is 0. The highest BCUT2D eigenvalue weighted by Gasteiger charge is 2.19. The summed E-state index contributed by atoms with van der Waals surface area (Å²) in [5, 5.41) is 12.3. The van der Waals surface area contributed by atoms with E-state index in [0.29, 0.717) is 16.8 Å². The number of rotatable bonds is 5. The fourth-order valence-electron chi connectivity index (χ4n) is 3.30. The maximum Gasteiger partial charge on any atom is 0.247 e. The SMILES string of the molecule is Cc1ccc(Cl)cc1Nc1cnnc(N2CCN(Cc3ccccc3)CC2)n1. The monoisotopic (exact) mass is 394 g/mol. The van der Waals surface area contributed by atoms with Crippen LogP contribution < -0.4 is 10.2 Å². The number of hydrogen-bond donors (Lipinski definition) is 1. The molecule has 6 nitrogen and oxygen atoms in total. The predicted octanol–water partition coefficient (Wildman–Crippen LogP) is 3.90. The molecule has 1 fully saturated rings. The summed E-state index contributed by atoms with van der Waals surface area (Å²) in [7, 11) is 0. The molecule has 0 radical (unpaired) electrons. The molecule has 0 spiro atoms. The Hall–Kier alpha value is -2.70. The minimum atomic E-state index is 0.657. The lowest BCUT2D eigenvalue weighted by Crippen LogP contribution is -2.46. The lowest BCUT2D eigenvalue weighted by atomic mass is 10.2. The van der Waals surface area contributed by atoms with Crippen LogP contribution in [0.1, 0.15) is 11.1 Å². The van der Waals surface area contributed by atoms with Gasteiger partial charge in [-0.2, -0.15) is 10.1 Å². The summed E-state index contributed by atoms with van der Waals surface area (Å²) in [6, 6.07) is 16.3. The summed E-state index contributed by atoms with van der Waals surface area (Å²) in [6.45, 7) is 6.72. The molecule has 2 heterocycles. The highest BCUT2D eigenvalue weighted by Crippen LogP contribution is 2.23. The number of aryl methyl sites for hydroxylation is 1. The molecule has 0 amide bonds. The maximum atomic E-state index is 6.11. The number of aromatic nitrogens is 3. The first kappa shape index (κ1) is 18.7. The number of halogens is 1. The van der Waals surface area contributed by atoms with Crippen LogP contribution in [0.4, 0.5) is 17.5 Å². The van der Waals surface area contributed by atoms with Gasteiger partial charge in [0.1, 0.15) is 0 Å². The fraction of sp³-hybridized carbons (Fsp3) is 0.286. The standard InChI is InChI=1S/C21H23ClN6/c1-16-7-8-18(22)13-19(16)24-20-14-23-26-21(25-20)28-11-9-27(10-12-28)15-17-5-3-2-4-6-17/h2-8,13-14H,9-12,15H2,1H3,(H,24,25,26). The lowest BCUT2D eigenvalue weighted by molar-refractivity contribution is 0.248. The second kappa shape index (κ2) is 8.54. The summed E-state index contributed by atoms with van der Waals surface area (Å²) in [5.74, 6) is 1.33. The van der Waals surface area contributed by atoms with Crippen LogP contribution >= 0.6 is 11.6 Å². The highest BCUT2D eigenvalue weighted by atomic mass is 35.5. The molecule has 0 unspecified atom stereocenters. The third-order valence-corrected chi connectivity index (χ3v) is 5.15. The second-order valence-electron chi connectivity index (χ2n) is 6.97. The van der Waals surface area contributed by atoms with Crippen molar-refractivity contribution in [2.45, 2.75) is 13.5 Å². The zero-order valence-corrected chi connectivity index (χ0v) is 16.6. The van der Waals surface area contributed by atoms with Gasteiger partial charge < -0.3 is 10.2 Å². The van der Waals surface area contributed by atoms with E-state index in [-0.39, 0.29) is 0 Å². The molecule has 1 N–H and O–H groups in total. The van der Waals surface area contributed by atoms with E-state index in [1.807, 2.05) is 25.1 Å². The number of anilines is 3. The predicted molar refractivity (Wildman–Crippen MR) is 113 cm³/mol. The van der Waals surface area contributed by atoms with E-state index >= 15 is 0 Å². The average Bonchev–Trinajstić information content (AvgIpc) is 2.72. The van der Waals surface area contributed by atoms with Gasteiger partial charge in [-0.3, -0.25) is 4.90 Å². The van der Waals surface area contributed by atoms with E-state index in [9.17, 15) is 0 Å². The highest BCUT2D eigenvalue weighted by molar-refractivity contribution is 6.30. The van der Waals surface area contributed by atoms with Crippen LogP contribution in [0, 0.1) is 6.92 Å². The van der Waals surface area contributed by atoms with Crippen LogP contribution in [0.15, 0.2) is 54.7 Å². The molecule has 3 aromatic rings. The fourth-order valence-corrected chi connectivity index (χ4v) is 3.47. The van der Waals surface area contributed by atoms with Gasteiger partial charge in [-0.05, 0) is 30.2 Å². The van der Waals surface area contributed by atoms with Crippen molar-refractivity contribution >= 4 is 29.1 Å². The van der Waals surface area contributed by atoms with Gasteiger partial charge in [-0.25, -0.2) is 0 Å². The van der Waals surface area contributed by atoms with Crippen LogP contribution in [-0.2, 0) is 6.54 Å². The molecule has 7 heteroatoms. The molecule has 1 saturated heterocycles. The summed E-state index contributed by atoms with van der Waals surface area (Å²) >= 11 is 6.11. The van der Waals surface area contributed by atoms with Crippen molar-refractivity contribution in [2.24, 2.45) is 0 Å². The normalized spacial score (nSPS) is 14.9. The van der Waals surface area contributed by atoms with Crippen LogP contribution in [0.25, 0.3) is 0 Å². The summed E-state index contributed by atoms with van der Waals surface area (Å²) in [4.78, 5) is 9.29. The van der Waals surface area contributed by atoms with Crippen LogP contribution in [-0.4, -0.2) is 46.3 Å². The Kier molecular flexibility index (Phi) is 5.69. The Balaban J connectivity index is 1.39. The van der Waals surface area contributed by atoms with Gasteiger partial charge in [0.2, 0.25) is 5.95 Å². The molecule has 0 aliphatic carbocycles. The molecule has 1 aliphatic heterocycles. The first-order valence-electron chi connectivity index (χ1n) is 9.41. The van der Waals surface area contributed by atoms with E-state index in [2.05, 4.69) is 60.6 Å². The zero-order chi connectivity index (χ0) is 19.3. The van der Waals surface area contributed by atoms with Gasteiger partial charge in [0.25, 0.3) is 0 Å². The molecule has 144 valence electrons. The topological polar surface area (TPSA) is 57.2 Å². The Labute approximate surface area is 170 Å². The lowest BCUT2D eigenvalue weighted by Gasteiger charge is -2.34. The van der Waals surface area contributed by atoms with E-state index in [1.165, 1.54) is 5.56 Å². The Morgan fingerprint density at radius 3 is 2.61 bits per heavy atom. The van der Waals surface area contributed by atoms with Crippen LogP contribution in [0.2, 0.25) is 5.02 Å². The number of piperazine rings is 1. The summed E-state index contributed by atoms with van der Waals surface area (Å²) in [5.41, 5.74) is 3.36. The number of benzene rings is 2. The Morgan fingerprint density at radius 1 is 1.04 bits per heavy atom. The van der Waals surface area contributed by atoms with Crippen molar-refractivity contribution in [3.8, 4) is 0 Å². The maximum absolute atomic E-state index is 6.11. The number of nitrogens with zero attached hydrogens (tertiary/aromatic N) is 5. The first-order chi connectivity index (χ1) is 13.7. The van der Waals surface area contributed by atoms with Crippen LogP contribution in [0.3, 0.4) is 0 Å². The molecule has 2 aromatic carbocycles. The quantitative estimate of drug-likeness (QED) is 0.708. The van der Waals surface area contributed by atoms with E-state index in [1.54, 1.807) is 6.20 Å². The molecule has 28 heavy (non-hydrogen) atoms.